The highest BCUT2D eigenvalue weighted by Crippen LogP contribution is 2.34. The number of carbonyl (C=O) groups is 3. The number of esters is 2. The number of ether oxygens (including phenoxy) is 2. The molecule has 1 aromatic rings. The van der Waals surface area contributed by atoms with Gasteiger partial charge in [-0.15, -0.1) is 0 Å². The highest BCUT2D eigenvalue weighted by Gasteiger charge is 2.39. The Balaban J connectivity index is 1.79. The minimum absolute atomic E-state index is 0.00931. The molecule has 10 heteroatoms. The van der Waals surface area contributed by atoms with Crippen LogP contribution in [0.5, 0.6) is 0 Å². The Morgan fingerprint density at radius 1 is 1.03 bits per heavy atom. The SMILES string of the molecule is CCOC(=O)CCN(C(=O)[C@H](CC(=O)OC(C)(C)C)NS(=O)(=O)c1ccc(C2CCCC2)cc1)C1CC1. The van der Waals surface area contributed by atoms with E-state index in [0.29, 0.717) is 5.92 Å². The molecule has 0 saturated heterocycles. The van der Waals surface area contributed by atoms with Gasteiger partial charge < -0.3 is 14.4 Å². The molecule has 2 fully saturated rings. The van der Waals surface area contributed by atoms with Gasteiger partial charge in [-0.3, -0.25) is 14.4 Å². The molecule has 206 valence electrons. The van der Waals surface area contributed by atoms with Crippen LogP contribution in [0.25, 0.3) is 0 Å². The maximum Gasteiger partial charge on any atom is 0.308 e. The lowest BCUT2D eigenvalue weighted by Gasteiger charge is -2.28. The topological polar surface area (TPSA) is 119 Å². The van der Waals surface area contributed by atoms with Gasteiger partial charge in [0.2, 0.25) is 15.9 Å². The van der Waals surface area contributed by atoms with Crippen LogP contribution in [-0.2, 0) is 33.9 Å². The quantitative estimate of drug-likeness (QED) is 0.405. The van der Waals surface area contributed by atoms with Crippen molar-refractivity contribution in [3.05, 3.63) is 29.8 Å². The highest BCUT2D eigenvalue weighted by atomic mass is 32.2. The van der Waals surface area contributed by atoms with Crippen molar-refractivity contribution in [3.63, 3.8) is 0 Å². The van der Waals surface area contributed by atoms with Crippen molar-refractivity contribution < 1.29 is 32.3 Å². The minimum atomic E-state index is -4.11. The van der Waals surface area contributed by atoms with Gasteiger partial charge in [-0.05, 0) is 77.0 Å². The first-order valence-electron chi connectivity index (χ1n) is 13.2. The lowest BCUT2D eigenvalue weighted by molar-refractivity contribution is -0.157. The zero-order valence-corrected chi connectivity index (χ0v) is 23.1. The molecule has 3 rings (SSSR count). The fourth-order valence-corrected chi connectivity index (χ4v) is 5.86. The summed E-state index contributed by atoms with van der Waals surface area (Å²) in [5, 5.41) is 0. The maximum atomic E-state index is 13.6. The van der Waals surface area contributed by atoms with Gasteiger partial charge in [0.15, 0.2) is 0 Å². The number of hydrogen-bond acceptors (Lipinski definition) is 7. The van der Waals surface area contributed by atoms with Crippen molar-refractivity contribution in [1.29, 1.82) is 0 Å². The zero-order chi connectivity index (χ0) is 27.2. The van der Waals surface area contributed by atoms with E-state index in [1.807, 2.05) is 12.1 Å². The first-order chi connectivity index (χ1) is 17.4. The van der Waals surface area contributed by atoms with Crippen LogP contribution in [0.2, 0.25) is 0 Å². The predicted octanol–water partition coefficient (Wildman–Crippen LogP) is 3.67. The summed E-state index contributed by atoms with van der Waals surface area (Å²) < 4.78 is 39.4. The molecule has 0 bridgehead atoms. The summed E-state index contributed by atoms with van der Waals surface area (Å²) in [5.74, 6) is -1.24. The number of hydrogen-bond donors (Lipinski definition) is 1. The lowest BCUT2D eigenvalue weighted by atomic mass is 9.98. The average molecular weight is 537 g/mol. The molecule has 1 atom stereocenters. The number of nitrogens with zero attached hydrogens (tertiary/aromatic N) is 1. The molecule has 2 aliphatic rings. The van der Waals surface area contributed by atoms with E-state index < -0.39 is 45.9 Å². The van der Waals surface area contributed by atoms with Crippen LogP contribution in [0, 0.1) is 0 Å². The van der Waals surface area contributed by atoms with Gasteiger partial charge in [0, 0.05) is 12.6 Å². The molecule has 1 aromatic carbocycles. The third-order valence-corrected chi connectivity index (χ3v) is 8.02. The minimum Gasteiger partial charge on any atom is -0.466 e. The van der Waals surface area contributed by atoms with Crippen LogP contribution in [0.4, 0.5) is 0 Å². The standard InChI is InChI=1S/C27H40N2O7S/c1-5-35-24(30)16-17-29(21-12-13-21)26(32)23(18-25(31)36-27(2,3)4)28-37(33,34)22-14-10-20(11-15-22)19-8-6-7-9-19/h10-11,14-15,19,21,23,28H,5-9,12-13,16-18H2,1-4H3/t23-/m0/s1. The fraction of sp³-hybridized carbons (Fsp3) is 0.667. The second kappa shape index (κ2) is 12.4. The van der Waals surface area contributed by atoms with E-state index in [4.69, 9.17) is 9.47 Å². The van der Waals surface area contributed by atoms with E-state index >= 15 is 0 Å². The van der Waals surface area contributed by atoms with E-state index in [-0.39, 0.29) is 30.5 Å². The van der Waals surface area contributed by atoms with Crippen LogP contribution < -0.4 is 4.72 Å². The zero-order valence-electron chi connectivity index (χ0n) is 22.3. The Bertz CT molecular complexity index is 1050. The fourth-order valence-electron chi connectivity index (χ4n) is 4.67. The molecule has 0 unspecified atom stereocenters. The summed E-state index contributed by atoms with van der Waals surface area (Å²) in [6, 6.07) is 5.28. The Hall–Kier alpha value is -2.46. The Kier molecular flexibility index (Phi) is 9.74. The smallest absolute Gasteiger partial charge is 0.308 e. The van der Waals surface area contributed by atoms with Crippen molar-refractivity contribution in [1.82, 2.24) is 9.62 Å². The van der Waals surface area contributed by atoms with Crippen LogP contribution in [0.15, 0.2) is 29.2 Å². The van der Waals surface area contributed by atoms with Crippen LogP contribution in [-0.4, -0.2) is 62.0 Å². The van der Waals surface area contributed by atoms with Gasteiger partial charge in [-0.25, -0.2) is 8.42 Å². The van der Waals surface area contributed by atoms with Gasteiger partial charge in [0.25, 0.3) is 0 Å². The van der Waals surface area contributed by atoms with Gasteiger partial charge in [-0.1, -0.05) is 25.0 Å². The van der Waals surface area contributed by atoms with Gasteiger partial charge >= 0.3 is 11.9 Å². The number of amides is 1. The second-order valence-corrected chi connectivity index (χ2v) is 12.5. The lowest BCUT2D eigenvalue weighted by Crippen LogP contribution is -2.51. The van der Waals surface area contributed by atoms with Crippen molar-refractivity contribution in [2.75, 3.05) is 13.2 Å². The summed E-state index contributed by atoms with van der Waals surface area (Å²) in [6.07, 6.45) is 5.58. The summed E-state index contributed by atoms with van der Waals surface area (Å²) in [5.41, 5.74) is 0.316. The van der Waals surface area contributed by atoms with E-state index in [2.05, 4.69) is 4.72 Å². The molecule has 2 saturated carbocycles. The Morgan fingerprint density at radius 2 is 1.65 bits per heavy atom. The van der Waals surface area contributed by atoms with E-state index in [0.717, 1.165) is 31.2 Å². The third-order valence-electron chi connectivity index (χ3n) is 6.54. The van der Waals surface area contributed by atoms with Crippen molar-refractivity contribution in [2.45, 2.75) is 108 Å². The molecule has 9 nitrogen and oxygen atoms in total. The molecule has 2 aliphatic carbocycles. The number of sulfonamides is 1. The van der Waals surface area contributed by atoms with E-state index in [1.165, 1.54) is 17.7 Å². The largest absolute Gasteiger partial charge is 0.466 e. The molecule has 0 heterocycles. The van der Waals surface area contributed by atoms with Gasteiger partial charge in [0.05, 0.1) is 24.3 Å². The molecular weight excluding hydrogens is 496 g/mol. The summed E-state index contributed by atoms with van der Waals surface area (Å²) in [7, 11) is -4.11. The number of benzene rings is 1. The van der Waals surface area contributed by atoms with E-state index in [9.17, 15) is 22.8 Å². The molecule has 0 aromatic heterocycles. The Morgan fingerprint density at radius 3 is 2.19 bits per heavy atom. The number of carbonyl (C=O) groups excluding carboxylic acids is 3. The first kappa shape index (κ1) is 29.1. The van der Waals surface area contributed by atoms with Crippen LogP contribution in [0.1, 0.15) is 90.5 Å². The molecule has 37 heavy (non-hydrogen) atoms. The third kappa shape index (κ3) is 8.81. The predicted molar refractivity (Wildman–Crippen MR) is 138 cm³/mol. The Labute approximate surface area is 220 Å². The number of nitrogens with one attached hydrogen (secondary N) is 1. The number of rotatable bonds is 12. The summed E-state index contributed by atoms with van der Waals surface area (Å²) in [6.45, 7) is 7.13. The second-order valence-electron chi connectivity index (χ2n) is 10.8. The maximum absolute atomic E-state index is 13.6. The van der Waals surface area contributed by atoms with E-state index in [1.54, 1.807) is 39.8 Å². The van der Waals surface area contributed by atoms with Crippen LogP contribution in [0.3, 0.4) is 0 Å². The van der Waals surface area contributed by atoms with Gasteiger partial charge in [-0.2, -0.15) is 4.72 Å². The summed E-state index contributed by atoms with van der Waals surface area (Å²) in [4.78, 5) is 39.6. The molecule has 0 radical (unpaired) electrons. The molecular formula is C27H40N2O7S. The van der Waals surface area contributed by atoms with Gasteiger partial charge in [0.1, 0.15) is 11.6 Å². The average Bonchev–Trinajstić information content (AvgIpc) is 3.49. The van der Waals surface area contributed by atoms with Crippen molar-refractivity contribution in [3.8, 4) is 0 Å². The normalized spacial score (nSPS) is 17.3. The van der Waals surface area contributed by atoms with Crippen molar-refractivity contribution >= 4 is 27.9 Å². The first-order valence-corrected chi connectivity index (χ1v) is 14.7. The molecule has 1 N–H and O–H groups in total. The molecule has 1 amide bonds. The van der Waals surface area contributed by atoms with Crippen LogP contribution >= 0.6 is 0 Å². The molecule has 0 spiro atoms. The monoisotopic (exact) mass is 536 g/mol. The summed E-state index contributed by atoms with van der Waals surface area (Å²) >= 11 is 0. The molecule has 0 aliphatic heterocycles. The highest BCUT2D eigenvalue weighted by molar-refractivity contribution is 7.89. The van der Waals surface area contributed by atoms with Crippen molar-refractivity contribution in [2.24, 2.45) is 0 Å².